The van der Waals surface area contributed by atoms with Crippen LogP contribution in [0.2, 0.25) is 0 Å². The molecular weight excluding hydrogens is 210 g/mol. The van der Waals surface area contributed by atoms with E-state index in [0.717, 1.165) is 19.0 Å². The van der Waals surface area contributed by atoms with Crippen LogP contribution >= 0.6 is 0 Å². The predicted octanol–water partition coefficient (Wildman–Crippen LogP) is 3.50. The third kappa shape index (κ3) is 2.53. The van der Waals surface area contributed by atoms with Crippen molar-refractivity contribution in [1.82, 2.24) is 5.32 Å². The highest BCUT2D eigenvalue weighted by Gasteiger charge is 2.55. The summed E-state index contributed by atoms with van der Waals surface area (Å²) in [5.41, 5.74) is 0.484. The minimum atomic E-state index is 0.432. The fraction of sp³-hybridized carbons (Fsp3) is 1.00. The van der Waals surface area contributed by atoms with Crippen molar-refractivity contribution >= 4 is 0 Å². The van der Waals surface area contributed by atoms with Crippen LogP contribution in [0.1, 0.15) is 65.7 Å². The molecule has 2 nitrogen and oxygen atoms in total. The highest BCUT2D eigenvalue weighted by Crippen LogP contribution is 2.53. The van der Waals surface area contributed by atoms with E-state index in [1.165, 1.54) is 38.5 Å². The van der Waals surface area contributed by atoms with Crippen LogP contribution in [0.3, 0.4) is 0 Å². The lowest BCUT2D eigenvalue weighted by Gasteiger charge is -2.58. The Kier molecular flexibility index (Phi) is 4.48. The SMILES string of the molecule is CCNC1CC(OC(C)CC)C12CCCCC2. The van der Waals surface area contributed by atoms with Gasteiger partial charge in [-0.15, -0.1) is 0 Å². The van der Waals surface area contributed by atoms with Crippen molar-refractivity contribution in [3.05, 3.63) is 0 Å². The van der Waals surface area contributed by atoms with Crippen molar-refractivity contribution in [1.29, 1.82) is 0 Å². The zero-order chi connectivity index (χ0) is 12.3. The van der Waals surface area contributed by atoms with E-state index >= 15 is 0 Å². The van der Waals surface area contributed by atoms with Crippen molar-refractivity contribution in [2.24, 2.45) is 5.41 Å². The van der Waals surface area contributed by atoms with Gasteiger partial charge in [0.2, 0.25) is 0 Å². The zero-order valence-electron chi connectivity index (χ0n) is 11.8. The van der Waals surface area contributed by atoms with Crippen LogP contribution in [0, 0.1) is 5.41 Å². The average molecular weight is 239 g/mol. The van der Waals surface area contributed by atoms with Gasteiger partial charge in [0.25, 0.3) is 0 Å². The summed E-state index contributed by atoms with van der Waals surface area (Å²) in [7, 11) is 0. The predicted molar refractivity (Wildman–Crippen MR) is 72.2 cm³/mol. The van der Waals surface area contributed by atoms with Gasteiger partial charge in [0, 0.05) is 11.5 Å². The Labute approximate surface area is 107 Å². The van der Waals surface area contributed by atoms with Gasteiger partial charge in [0.1, 0.15) is 0 Å². The number of hydrogen-bond donors (Lipinski definition) is 1. The maximum atomic E-state index is 6.27. The molecule has 0 bridgehead atoms. The monoisotopic (exact) mass is 239 g/mol. The Morgan fingerprint density at radius 2 is 1.94 bits per heavy atom. The maximum absolute atomic E-state index is 6.27. The first kappa shape index (κ1) is 13.4. The summed E-state index contributed by atoms with van der Waals surface area (Å²) in [5.74, 6) is 0. The summed E-state index contributed by atoms with van der Waals surface area (Å²) < 4.78 is 6.27. The van der Waals surface area contributed by atoms with E-state index in [9.17, 15) is 0 Å². The van der Waals surface area contributed by atoms with E-state index in [-0.39, 0.29) is 0 Å². The molecular formula is C15H29NO. The molecule has 1 spiro atoms. The third-order valence-corrected chi connectivity index (χ3v) is 4.99. The molecule has 2 fully saturated rings. The third-order valence-electron chi connectivity index (χ3n) is 4.99. The van der Waals surface area contributed by atoms with E-state index in [0.29, 0.717) is 17.6 Å². The Hall–Kier alpha value is -0.0800. The van der Waals surface area contributed by atoms with Gasteiger partial charge in [-0.05, 0) is 39.2 Å². The summed E-state index contributed by atoms with van der Waals surface area (Å²) in [5, 5.41) is 3.68. The molecule has 1 N–H and O–H groups in total. The molecule has 0 aromatic heterocycles. The Morgan fingerprint density at radius 1 is 1.24 bits per heavy atom. The normalized spacial score (nSPS) is 33.4. The lowest BCUT2D eigenvalue weighted by Crippen LogP contribution is -2.64. The molecule has 3 atom stereocenters. The van der Waals surface area contributed by atoms with Gasteiger partial charge in [-0.1, -0.05) is 33.1 Å². The molecule has 0 saturated heterocycles. The fourth-order valence-electron chi connectivity index (χ4n) is 3.73. The van der Waals surface area contributed by atoms with Crippen LogP contribution < -0.4 is 5.32 Å². The van der Waals surface area contributed by atoms with Crippen LogP contribution in [0.4, 0.5) is 0 Å². The van der Waals surface area contributed by atoms with E-state index in [1.807, 2.05) is 0 Å². The first-order valence-corrected chi connectivity index (χ1v) is 7.61. The van der Waals surface area contributed by atoms with Gasteiger partial charge in [-0.3, -0.25) is 0 Å². The molecule has 100 valence electrons. The first-order valence-electron chi connectivity index (χ1n) is 7.61. The average Bonchev–Trinajstić information content (AvgIpc) is 2.38. The molecule has 3 unspecified atom stereocenters. The van der Waals surface area contributed by atoms with Gasteiger partial charge in [0.15, 0.2) is 0 Å². The highest BCUT2D eigenvalue weighted by molar-refractivity contribution is 5.08. The second kappa shape index (κ2) is 5.71. The molecule has 2 rings (SSSR count). The van der Waals surface area contributed by atoms with Gasteiger partial charge in [-0.25, -0.2) is 0 Å². The van der Waals surface area contributed by atoms with E-state index in [1.54, 1.807) is 0 Å². The number of nitrogens with one attached hydrogen (secondary N) is 1. The summed E-state index contributed by atoms with van der Waals surface area (Å²) in [4.78, 5) is 0. The van der Waals surface area contributed by atoms with Crippen molar-refractivity contribution in [2.75, 3.05) is 6.54 Å². The van der Waals surface area contributed by atoms with Crippen LogP contribution in [0.15, 0.2) is 0 Å². The van der Waals surface area contributed by atoms with E-state index in [4.69, 9.17) is 4.74 Å². The first-order chi connectivity index (χ1) is 8.23. The van der Waals surface area contributed by atoms with Gasteiger partial charge < -0.3 is 10.1 Å². The number of ether oxygens (including phenoxy) is 1. The summed E-state index contributed by atoms with van der Waals surface area (Å²) in [6, 6.07) is 0.724. The van der Waals surface area contributed by atoms with Crippen molar-refractivity contribution in [3.63, 3.8) is 0 Å². The molecule has 2 aliphatic carbocycles. The van der Waals surface area contributed by atoms with Gasteiger partial charge >= 0.3 is 0 Å². The summed E-state index contributed by atoms with van der Waals surface area (Å²) in [6.45, 7) is 7.76. The Bertz CT molecular complexity index is 235. The Morgan fingerprint density at radius 3 is 2.53 bits per heavy atom. The highest BCUT2D eigenvalue weighted by atomic mass is 16.5. The minimum absolute atomic E-state index is 0.432. The topological polar surface area (TPSA) is 21.3 Å². The lowest BCUT2D eigenvalue weighted by atomic mass is 9.55. The molecule has 0 aromatic carbocycles. The zero-order valence-corrected chi connectivity index (χ0v) is 11.8. The van der Waals surface area contributed by atoms with E-state index in [2.05, 4.69) is 26.1 Å². The van der Waals surface area contributed by atoms with E-state index < -0.39 is 0 Å². The molecule has 17 heavy (non-hydrogen) atoms. The van der Waals surface area contributed by atoms with Crippen LogP contribution in [0.5, 0.6) is 0 Å². The van der Waals surface area contributed by atoms with Crippen molar-refractivity contribution < 1.29 is 4.74 Å². The largest absolute Gasteiger partial charge is 0.375 e. The van der Waals surface area contributed by atoms with Crippen LogP contribution in [-0.2, 0) is 4.74 Å². The number of rotatable bonds is 5. The van der Waals surface area contributed by atoms with Crippen LogP contribution in [0.25, 0.3) is 0 Å². The molecule has 0 aromatic rings. The molecule has 0 heterocycles. The van der Waals surface area contributed by atoms with Crippen molar-refractivity contribution in [2.45, 2.75) is 84.0 Å². The standard InChI is InChI=1S/C15H29NO/c1-4-12(3)17-14-11-13(16-5-2)15(14)9-7-6-8-10-15/h12-14,16H,4-11H2,1-3H3. The molecule has 2 heteroatoms. The molecule has 2 aliphatic rings. The Balaban J connectivity index is 1.98. The summed E-state index contributed by atoms with van der Waals surface area (Å²) >= 11 is 0. The fourth-order valence-corrected chi connectivity index (χ4v) is 3.73. The minimum Gasteiger partial charge on any atom is -0.375 e. The molecule has 0 aliphatic heterocycles. The number of hydrogen-bond acceptors (Lipinski definition) is 2. The molecule has 0 amide bonds. The second-order valence-electron chi connectivity index (χ2n) is 5.98. The molecule has 0 radical (unpaired) electrons. The lowest BCUT2D eigenvalue weighted by molar-refractivity contribution is -0.173. The smallest absolute Gasteiger partial charge is 0.0664 e. The summed E-state index contributed by atoms with van der Waals surface area (Å²) in [6.07, 6.45) is 10.3. The molecule has 2 saturated carbocycles. The van der Waals surface area contributed by atoms with Gasteiger partial charge in [-0.2, -0.15) is 0 Å². The maximum Gasteiger partial charge on any atom is 0.0664 e. The van der Waals surface area contributed by atoms with Gasteiger partial charge in [0.05, 0.1) is 12.2 Å². The van der Waals surface area contributed by atoms with Crippen molar-refractivity contribution in [3.8, 4) is 0 Å². The van der Waals surface area contributed by atoms with Crippen LogP contribution in [-0.4, -0.2) is 24.8 Å². The quantitative estimate of drug-likeness (QED) is 0.793. The second-order valence-corrected chi connectivity index (χ2v) is 5.98.